The van der Waals surface area contributed by atoms with Crippen LogP contribution < -0.4 is 10.1 Å². The van der Waals surface area contributed by atoms with Gasteiger partial charge in [-0.05, 0) is 51.0 Å². The van der Waals surface area contributed by atoms with Crippen molar-refractivity contribution < 1.29 is 14.3 Å². The lowest BCUT2D eigenvalue weighted by Gasteiger charge is -2.38. The number of aryl methyl sites for hydroxylation is 1. The lowest BCUT2D eigenvalue weighted by Crippen LogP contribution is -2.41. The Morgan fingerprint density at radius 3 is 2.66 bits per heavy atom. The predicted octanol–water partition coefficient (Wildman–Crippen LogP) is 4.15. The molecule has 1 fully saturated rings. The second-order valence-electron chi connectivity index (χ2n) is 8.75. The summed E-state index contributed by atoms with van der Waals surface area (Å²) < 4.78 is 6.10. The molecule has 2 amide bonds. The number of carbonyl (C=O) groups is 2. The molecule has 2 aromatic carbocycles. The van der Waals surface area contributed by atoms with Crippen LogP contribution in [0, 0.1) is 6.92 Å². The number of amides is 2. The maximum Gasteiger partial charge on any atom is 0.251 e. The molecular weight excluding hydrogens is 364 g/mol. The van der Waals surface area contributed by atoms with E-state index >= 15 is 0 Å². The van der Waals surface area contributed by atoms with E-state index in [1.54, 1.807) is 0 Å². The third kappa shape index (κ3) is 4.29. The summed E-state index contributed by atoms with van der Waals surface area (Å²) in [6.07, 6.45) is 2.29. The Morgan fingerprint density at radius 1 is 1.21 bits per heavy atom. The first-order valence-corrected chi connectivity index (χ1v) is 10.3. The van der Waals surface area contributed by atoms with Gasteiger partial charge in [-0.1, -0.05) is 29.8 Å². The summed E-state index contributed by atoms with van der Waals surface area (Å²) in [5.41, 5.74) is 3.51. The molecule has 2 aromatic rings. The van der Waals surface area contributed by atoms with Gasteiger partial charge in [-0.25, -0.2) is 0 Å². The number of rotatable bonds is 4. The minimum Gasteiger partial charge on any atom is -0.487 e. The molecule has 0 radical (unpaired) electrons. The quantitative estimate of drug-likeness (QED) is 0.850. The van der Waals surface area contributed by atoms with Crippen LogP contribution in [0.4, 0.5) is 0 Å². The van der Waals surface area contributed by atoms with Crippen molar-refractivity contribution in [2.45, 2.75) is 58.2 Å². The molecule has 0 saturated carbocycles. The molecule has 0 bridgehead atoms. The van der Waals surface area contributed by atoms with Gasteiger partial charge in [0.2, 0.25) is 5.91 Å². The molecule has 0 aromatic heterocycles. The molecule has 0 spiro atoms. The number of nitrogens with one attached hydrogen (secondary N) is 1. The molecule has 29 heavy (non-hydrogen) atoms. The second-order valence-corrected chi connectivity index (χ2v) is 8.75. The Balaban J connectivity index is 1.48. The van der Waals surface area contributed by atoms with Gasteiger partial charge in [0, 0.05) is 37.1 Å². The zero-order valence-electron chi connectivity index (χ0n) is 17.3. The van der Waals surface area contributed by atoms with Gasteiger partial charge >= 0.3 is 0 Å². The van der Waals surface area contributed by atoms with Crippen LogP contribution in [0.5, 0.6) is 5.75 Å². The summed E-state index contributed by atoms with van der Waals surface area (Å²) in [6.45, 7) is 7.57. The van der Waals surface area contributed by atoms with Gasteiger partial charge in [0.1, 0.15) is 11.4 Å². The lowest BCUT2D eigenvalue weighted by atomic mass is 9.88. The number of hydrogen-bond donors (Lipinski definition) is 1. The van der Waals surface area contributed by atoms with Crippen molar-refractivity contribution in [2.75, 3.05) is 6.54 Å². The van der Waals surface area contributed by atoms with Crippen molar-refractivity contribution in [3.8, 4) is 5.75 Å². The average molecular weight is 392 g/mol. The topological polar surface area (TPSA) is 58.6 Å². The van der Waals surface area contributed by atoms with Gasteiger partial charge in [0.05, 0.1) is 6.04 Å². The molecule has 152 valence electrons. The largest absolute Gasteiger partial charge is 0.487 e. The molecule has 2 heterocycles. The van der Waals surface area contributed by atoms with E-state index in [4.69, 9.17) is 4.74 Å². The molecular formula is C24H28N2O3. The summed E-state index contributed by atoms with van der Waals surface area (Å²) in [6, 6.07) is 13.6. The summed E-state index contributed by atoms with van der Waals surface area (Å²) in [5, 5.41) is 3.19. The highest BCUT2D eigenvalue weighted by atomic mass is 16.5. The number of nitrogens with zero attached hydrogens (tertiary/aromatic N) is 1. The number of fused-ring (bicyclic) bond motifs is 1. The van der Waals surface area contributed by atoms with Crippen LogP contribution in [0.3, 0.4) is 0 Å². The maximum atomic E-state index is 12.9. The van der Waals surface area contributed by atoms with Crippen molar-refractivity contribution in [1.29, 1.82) is 0 Å². The first kappa shape index (κ1) is 19.5. The van der Waals surface area contributed by atoms with E-state index in [1.165, 1.54) is 0 Å². The number of ether oxygens (including phenoxy) is 1. The minimum atomic E-state index is -0.341. The van der Waals surface area contributed by atoms with Crippen LogP contribution >= 0.6 is 0 Å². The van der Waals surface area contributed by atoms with Crippen LogP contribution in [-0.4, -0.2) is 28.9 Å². The number of hydrogen-bond acceptors (Lipinski definition) is 3. The van der Waals surface area contributed by atoms with Crippen molar-refractivity contribution >= 4 is 11.8 Å². The lowest BCUT2D eigenvalue weighted by molar-refractivity contribution is -0.128. The van der Waals surface area contributed by atoms with Gasteiger partial charge in [0.25, 0.3) is 5.91 Å². The Bertz CT molecular complexity index is 934. The van der Waals surface area contributed by atoms with E-state index in [1.807, 2.05) is 62.1 Å². The Kier molecular flexibility index (Phi) is 5.07. The van der Waals surface area contributed by atoms with Crippen molar-refractivity contribution in [2.24, 2.45) is 0 Å². The minimum absolute atomic E-state index is 0.0936. The van der Waals surface area contributed by atoms with Crippen LogP contribution in [0.15, 0.2) is 42.5 Å². The van der Waals surface area contributed by atoms with Gasteiger partial charge in [-0.15, -0.1) is 0 Å². The number of benzene rings is 2. The third-order valence-electron chi connectivity index (χ3n) is 5.69. The van der Waals surface area contributed by atoms with Crippen molar-refractivity contribution in [3.63, 3.8) is 0 Å². The molecule has 2 aliphatic rings. The fraction of sp³-hybridized carbons (Fsp3) is 0.417. The maximum absolute atomic E-state index is 12.9. The van der Waals surface area contributed by atoms with E-state index < -0.39 is 0 Å². The first-order chi connectivity index (χ1) is 13.8. The first-order valence-electron chi connectivity index (χ1n) is 10.3. The fourth-order valence-corrected chi connectivity index (χ4v) is 4.20. The van der Waals surface area contributed by atoms with E-state index in [-0.39, 0.29) is 23.5 Å². The smallest absolute Gasteiger partial charge is 0.251 e. The second kappa shape index (κ2) is 7.54. The van der Waals surface area contributed by atoms with Gasteiger partial charge in [-0.2, -0.15) is 0 Å². The van der Waals surface area contributed by atoms with Crippen LogP contribution in [0.25, 0.3) is 0 Å². The molecule has 0 unspecified atom stereocenters. The predicted molar refractivity (Wildman–Crippen MR) is 112 cm³/mol. The van der Waals surface area contributed by atoms with Crippen LogP contribution in [0.2, 0.25) is 0 Å². The zero-order valence-corrected chi connectivity index (χ0v) is 17.3. The van der Waals surface area contributed by atoms with E-state index in [0.29, 0.717) is 24.9 Å². The van der Waals surface area contributed by atoms with Gasteiger partial charge < -0.3 is 15.0 Å². The van der Waals surface area contributed by atoms with E-state index in [0.717, 1.165) is 35.4 Å². The zero-order chi connectivity index (χ0) is 20.6. The molecule has 5 nitrogen and oxygen atoms in total. The van der Waals surface area contributed by atoms with E-state index in [2.05, 4.69) is 11.4 Å². The average Bonchev–Trinajstić information content (AvgIpc) is 3.07. The summed E-state index contributed by atoms with van der Waals surface area (Å²) >= 11 is 0. The highest BCUT2D eigenvalue weighted by molar-refractivity contribution is 5.94. The SMILES string of the molecule is Cc1ccc2c(c1)[C@@H](NC(=O)c1ccc(CN3CCCC3=O)cc1)CC(C)(C)O2. The standard InChI is InChI=1S/C24H28N2O3/c1-16-6-11-21-19(13-16)20(14-24(2,3)29-21)25-23(28)18-9-7-17(8-10-18)15-26-12-4-5-22(26)27/h6-11,13,20H,4-5,12,14-15H2,1-3H3,(H,25,28)/t20-/m0/s1. The fourth-order valence-electron chi connectivity index (χ4n) is 4.20. The number of carbonyl (C=O) groups excluding carboxylic acids is 2. The highest BCUT2D eigenvalue weighted by Gasteiger charge is 2.34. The van der Waals surface area contributed by atoms with Gasteiger partial charge in [0.15, 0.2) is 0 Å². The van der Waals surface area contributed by atoms with Crippen LogP contribution in [-0.2, 0) is 11.3 Å². The monoisotopic (exact) mass is 392 g/mol. The van der Waals surface area contributed by atoms with Gasteiger partial charge in [-0.3, -0.25) is 9.59 Å². The van der Waals surface area contributed by atoms with E-state index in [9.17, 15) is 9.59 Å². The Morgan fingerprint density at radius 2 is 1.97 bits per heavy atom. The molecule has 4 rings (SSSR count). The Labute approximate surface area is 172 Å². The number of likely N-dealkylation sites (tertiary alicyclic amines) is 1. The molecule has 1 N–H and O–H groups in total. The molecule has 1 saturated heterocycles. The normalized spacial score (nSPS) is 20.2. The molecule has 0 aliphatic carbocycles. The summed E-state index contributed by atoms with van der Waals surface area (Å²) in [7, 11) is 0. The highest BCUT2D eigenvalue weighted by Crippen LogP contribution is 2.40. The summed E-state index contributed by atoms with van der Waals surface area (Å²) in [5.74, 6) is 0.953. The summed E-state index contributed by atoms with van der Waals surface area (Å²) in [4.78, 5) is 26.6. The molecule has 2 aliphatic heterocycles. The van der Waals surface area contributed by atoms with Crippen LogP contribution in [0.1, 0.15) is 66.2 Å². The Hall–Kier alpha value is -2.82. The molecule has 1 atom stereocenters. The molecule has 5 heteroatoms. The van der Waals surface area contributed by atoms with Crippen molar-refractivity contribution in [3.05, 3.63) is 64.7 Å². The van der Waals surface area contributed by atoms with Crippen molar-refractivity contribution in [1.82, 2.24) is 10.2 Å². The third-order valence-corrected chi connectivity index (χ3v) is 5.69.